The molecule has 0 unspecified atom stereocenters. The van der Waals surface area contributed by atoms with Crippen molar-refractivity contribution >= 4 is 23.5 Å². The molecule has 1 aliphatic rings. The molecule has 8 heteroatoms. The highest BCUT2D eigenvalue weighted by atomic mass is 16.5. The molecule has 156 valence electrons. The fourth-order valence-electron chi connectivity index (χ4n) is 3.28. The lowest BCUT2D eigenvalue weighted by molar-refractivity contribution is 0.252. The molecule has 3 rings (SSSR count). The maximum Gasteiger partial charge on any atom is 0.319 e. The van der Waals surface area contributed by atoms with E-state index in [2.05, 4.69) is 30.8 Å². The number of amides is 2. The van der Waals surface area contributed by atoms with E-state index in [-0.39, 0.29) is 6.03 Å². The van der Waals surface area contributed by atoms with Crippen molar-refractivity contribution in [3.63, 3.8) is 0 Å². The molecule has 29 heavy (non-hydrogen) atoms. The molecule has 2 aromatic rings. The molecule has 8 nitrogen and oxygen atoms in total. The molecule has 0 saturated carbocycles. The Labute approximate surface area is 172 Å². The van der Waals surface area contributed by atoms with Gasteiger partial charge in [0.1, 0.15) is 11.6 Å². The van der Waals surface area contributed by atoms with Gasteiger partial charge < -0.3 is 25.6 Å². The summed E-state index contributed by atoms with van der Waals surface area (Å²) in [5.74, 6) is 2.22. The van der Waals surface area contributed by atoms with Gasteiger partial charge in [0.25, 0.3) is 0 Å². The molecule has 0 bridgehead atoms. The third-order valence-electron chi connectivity index (χ3n) is 4.65. The monoisotopic (exact) mass is 398 g/mol. The molecule has 1 fully saturated rings. The van der Waals surface area contributed by atoms with E-state index in [1.165, 1.54) is 19.3 Å². The van der Waals surface area contributed by atoms with Gasteiger partial charge in [0.15, 0.2) is 0 Å². The number of anilines is 3. The van der Waals surface area contributed by atoms with Crippen LogP contribution < -0.4 is 25.6 Å². The number of aromatic nitrogens is 2. The number of rotatable bonds is 8. The second-order valence-electron chi connectivity index (χ2n) is 6.98. The molecule has 0 atom stereocenters. The number of nitrogens with one attached hydrogen (secondary N) is 3. The Bertz CT molecular complexity index is 808. The van der Waals surface area contributed by atoms with E-state index >= 15 is 0 Å². The van der Waals surface area contributed by atoms with Crippen molar-refractivity contribution in [2.24, 2.45) is 0 Å². The quantitative estimate of drug-likeness (QED) is 0.590. The van der Waals surface area contributed by atoms with Crippen molar-refractivity contribution in [1.82, 2.24) is 15.3 Å². The Morgan fingerprint density at radius 2 is 1.93 bits per heavy atom. The number of piperidine rings is 1. The molecule has 0 aliphatic carbocycles. The predicted molar refractivity (Wildman–Crippen MR) is 116 cm³/mol. The van der Waals surface area contributed by atoms with E-state index in [4.69, 9.17) is 4.74 Å². The number of hydrogen-bond donors (Lipinski definition) is 3. The summed E-state index contributed by atoms with van der Waals surface area (Å²) in [6.45, 7) is 7.48. The molecule has 1 aromatic carbocycles. The van der Waals surface area contributed by atoms with Crippen LogP contribution >= 0.6 is 0 Å². The highest BCUT2D eigenvalue weighted by molar-refractivity contribution is 5.90. The van der Waals surface area contributed by atoms with Crippen molar-refractivity contribution in [3.8, 4) is 5.75 Å². The molecule has 2 amide bonds. The van der Waals surface area contributed by atoms with Crippen LogP contribution in [-0.2, 0) is 0 Å². The fourth-order valence-corrected chi connectivity index (χ4v) is 3.28. The number of nitrogens with zero attached hydrogens (tertiary/aromatic N) is 3. The smallest absolute Gasteiger partial charge is 0.319 e. The Kier molecular flexibility index (Phi) is 7.49. The zero-order valence-corrected chi connectivity index (χ0v) is 17.2. The number of aryl methyl sites for hydroxylation is 1. The SMILES string of the molecule is CCOc1ccccc1NC(=O)NCCNc1nc(C)cc(N2CCCCC2)n1. The number of hydrogen-bond acceptors (Lipinski definition) is 6. The lowest BCUT2D eigenvalue weighted by Gasteiger charge is -2.28. The van der Waals surface area contributed by atoms with Gasteiger partial charge >= 0.3 is 6.03 Å². The van der Waals surface area contributed by atoms with Crippen molar-refractivity contribution in [1.29, 1.82) is 0 Å². The molecular weight excluding hydrogens is 368 g/mol. The van der Waals surface area contributed by atoms with Crippen molar-refractivity contribution in [2.75, 3.05) is 48.3 Å². The first-order valence-corrected chi connectivity index (χ1v) is 10.3. The second-order valence-corrected chi connectivity index (χ2v) is 6.98. The average molecular weight is 399 g/mol. The van der Waals surface area contributed by atoms with Gasteiger partial charge in [-0.1, -0.05) is 12.1 Å². The fraction of sp³-hybridized carbons (Fsp3) is 0.476. The normalized spacial score (nSPS) is 13.7. The van der Waals surface area contributed by atoms with Crippen LogP contribution in [0, 0.1) is 6.92 Å². The number of benzene rings is 1. The zero-order chi connectivity index (χ0) is 20.5. The summed E-state index contributed by atoms with van der Waals surface area (Å²) in [5, 5.41) is 8.84. The van der Waals surface area contributed by atoms with Gasteiger partial charge in [-0.2, -0.15) is 4.98 Å². The van der Waals surface area contributed by atoms with Gasteiger partial charge in [-0.3, -0.25) is 0 Å². The van der Waals surface area contributed by atoms with E-state index < -0.39 is 0 Å². The van der Waals surface area contributed by atoms with Crippen molar-refractivity contribution < 1.29 is 9.53 Å². The first-order chi connectivity index (χ1) is 14.2. The second kappa shape index (κ2) is 10.5. The maximum absolute atomic E-state index is 12.2. The van der Waals surface area contributed by atoms with Gasteiger partial charge in [-0.25, -0.2) is 9.78 Å². The number of urea groups is 1. The first-order valence-electron chi connectivity index (χ1n) is 10.3. The average Bonchev–Trinajstić information content (AvgIpc) is 2.73. The van der Waals surface area contributed by atoms with E-state index in [0.29, 0.717) is 37.1 Å². The lowest BCUT2D eigenvalue weighted by atomic mass is 10.1. The lowest BCUT2D eigenvalue weighted by Crippen LogP contribution is -2.33. The van der Waals surface area contributed by atoms with Gasteiger partial charge in [0.2, 0.25) is 5.95 Å². The van der Waals surface area contributed by atoms with Crippen LogP contribution in [0.4, 0.5) is 22.2 Å². The van der Waals surface area contributed by atoms with Crippen LogP contribution in [0.3, 0.4) is 0 Å². The topological polar surface area (TPSA) is 91.4 Å². The van der Waals surface area contributed by atoms with Gasteiger partial charge in [-0.15, -0.1) is 0 Å². The van der Waals surface area contributed by atoms with Crippen molar-refractivity contribution in [2.45, 2.75) is 33.1 Å². The number of ether oxygens (including phenoxy) is 1. The summed E-state index contributed by atoms with van der Waals surface area (Å²) in [5.41, 5.74) is 1.58. The Balaban J connectivity index is 1.46. The Morgan fingerprint density at radius 1 is 1.14 bits per heavy atom. The zero-order valence-electron chi connectivity index (χ0n) is 17.2. The largest absolute Gasteiger partial charge is 0.492 e. The highest BCUT2D eigenvalue weighted by Crippen LogP contribution is 2.23. The minimum Gasteiger partial charge on any atom is -0.492 e. The number of carbonyl (C=O) groups is 1. The molecular formula is C21H30N6O2. The summed E-state index contributed by atoms with van der Waals surface area (Å²) < 4.78 is 5.52. The molecule has 0 spiro atoms. The molecule has 1 aliphatic heterocycles. The van der Waals surface area contributed by atoms with E-state index in [1.54, 1.807) is 0 Å². The summed E-state index contributed by atoms with van der Waals surface area (Å²) in [4.78, 5) is 23.5. The molecule has 1 aromatic heterocycles. The van der Waals surface area contributed by atoms with Crippen molar-refractivity contribution in [3.05, 3.63) is 36.0 Å². The summed E-state index contributed by atoms with van der Waals surface area (Å²) in [6, 6.07) is 9.12. The molecule has 1 saturated heterocycles. The van der Waals surface area contributed by atoms with E-state index in [0.717, 1.165) is 24.6 Å². The number of para-hydroxylation sites is 2. The van der Waals surface area contributed by atoms with E-state index in [1.807, 2.05) is 44.2 Å². The predicted octanol–water partition coefficient (Wildman–Crippen LogP) is 3.41. The minimum absolute atomic E-state index is 0.280. The third-order valence-corrected chi connectivity index (χ3v) is 4.65. The minimum atomic E-state index is -0.280. The van der Waals surface area contributed by atoms with Gasteiger partial charge in [0, 0.05) is 37.9 Å². The summed E-state index contributed by atoms with van der Waals surface area (Å²) in [7, 11) is 0. The summed E-state index contributed by atoms with van der Waals surface area (Å²) in [6.07, 6.45) is 3.70. The first kappa shape index (κ1) is 20.7. The number of carbonyl (C=O) groups excluding carboxylic acids is 1. The standard InChI is InChI=1S/C21H30N6O2/c1-3-29-18-10-6-5-9-17(18)25-21(28)23-12-11-22-20-24-16(2)15-19(26-20)27-13-7-4-8-14-27/h5-6,9-10,15H,3-4,7-8,11-14H2,1-2H3,(H,22,24,26)(H2,23,25,28). The Hall–Kier alpha value is -3.03. The Morgan fingerprint density at radius 3 is 2.72 bits per heavy atom. The highest BCUT2D eigenvalue weighted by Gasteiger charge is 2.14. The van der Waals surface area contributed by atoms with Crippen LogP contribution in [0.25, 0.3) is 0 Å². The molecule has 2 heterocycles. The van der Waals surface area contributed by atoms with E-state index in [9.17, 15) is 4.79 Å². The summed E-state index contributed by atoms with van der Waals surface area (Å²) >= 11 is 0. The van der Waals surface area contributed by atoms with Crippen LogP contribution in [0.2, 0.25) is 0 Å². The van der Waals surface area contributed by atoms with Crippen LogP contribution in [0.15, 0.2) is 30.3 Å². The molecule has 3 N–H and O–H groups in total. The van der Waals surface area contributed by atoms with Gasteiger partial charge in [0.05, 0.1) is 12.3 Å². The van der Waals surface area contributed by atoms with Gasteiger partial charge in [-0.05, 0) is 45.2 Å². The van der Waals surface area contributed by atoms with Crippen LogP contribution in [0.1, 0.15) is 31.9 Å². The molecule has 0 radical (unpaired) electrons. The third kappa shape index (κ3) is 6.23. The van der Waals surface area contributed by atoms with Crippen LogP contribution in [-0.4, -0.2) is 48.8 Å². The van der Waals surface area contributed by atoms with Crippen LogP contribution in [0.5, 0.6) is 5.75 Å². The maximum atomic E-state index is 12.2.